The number of amides is 1. The van der Waals surface area contributed by atoms with Gasteiger partial charge in [0.25, 0.3) is 5.69 Å². The largest absolute Gasteiger partial charge is 0.368 e. The molecular formula is C12H16BrN3O3. The normalized spacial score (nSPS) is 12.4. The molecule has 6 nitrogen and oxygen atoms in total. The van der Waals surface area contributed by atoms with Gasteiger partial charge in [0.15, 0.2) is 0 Å². The number of nitro benzene ring substituents is 1. The molecule has 0 heterocycles. The summed E-state index contributed by atoms with van der Waals surface area (Å²) in [6, 6.07) is 4.17. The Bertz CT molecular complexity index is 491. The van der Waals surface area contributed by atoms with E-state index in [2.05, 4.69) is 21.2 Å². The van der Waals surface area contributed by atoms with Crippen LogP contribution in [0.1, 0.15) is 19.4 Å². The lowest BCUT2D eigenvalue weighted by atomic mass is 10.0. The Morgan fingerprint density at radius 3 is 2.63 bits per heavy atom. The van der Waals surface area contributed by atoms with E-state index in [4.69, 9.17) is 5.73 Å². The Morgan fingerprint density at radius 1 is 1.53 bits per heavy atom. The summed E-state index contributed by atoms with van der Waals surface area (Å²) in [7, 11) is 0. The Hall–Kier alpha value is -1.47. The first-order valence-corrected chi connectivity index (χ1v) is 6.57. The molecule has 0 aromatic heterocycles. The molecule has 1 aromatic rings. The average molecular weight is 330 g/mol. The zero-order valence-corrected chi connectivity index (χ0v) is 12.3. The molecular weight excluding hydrogens is 314 g/mol. The number of primary amides is 1. The molecule has 1 atom stereocenters. The van der Waals surface area contributed by atoms with Crippen molar-refractivity contribution in [3.63, 3.8) is 0 Å². The van der Waals surface area contributed by atoms with E-state index in [0.717, 1.165) is 4.47 Å². The van der Waals surface area contributed by atoms with E-state index in [1.807, 2.05) is 13.8 Å². The van der Waals surface area contributed by atoms with Gasteiger partial charge in [0.05, 0.1) is 11.0 Å². The Kier molecular flexibility index (Phi) is 5.44. The molecule has 0 bridgehead atoms. The van der Waals surface area contributed by atoms with Crippen LogP contribution in [0.2, 0.25) is 0 Å². The molecule has 0 aliphatic rings. The fraction of sp³-hybridized carbons (Fsp3) is 0.417. The number of nitrogens with one attached hydrogen (secondary N) is 1. The Morgan fingerprint density at radius 2 is 2.16 bits per heavy atom. The van der Waals surface area contributed by atoms with E-state index in [1.165, 1.54) is 6.07 Å². The van der Waals surface area contributed by atoms with E-state index in [-0.39, 0.29) is 18.2 Å². The van der Waals surface area contributed by atoms with Crippen LogP contribution >= 0.6 is 15.9 Å². The standard InChI is InChI=1S/C12H16BrN3O3/c1-7(2)11(12(14)17)15-6-8-5-9(13)3-4-10(8)16(18)19/h3-5,7,11,15H,6H2,1-2H3,(H2,14,17). The zero-order chi connectivity index (χ0) is 14.6. The third-order valence-corrected chi connectivity index (χ3v) is 3.22. The van der Waals surface area contributed by atoms with Crippen molar-refractivity contribution in [1.29, 1.82) is 0 Å². The van der Waals surface area contributed by atoms with Crippen molar-refractivity contribution in [1.82, 2.24) is 5.32 Å². The number of benzene rings is 1. The quantitative estimate of drug-likeness (QED) is 0.615. The Balaban J connectivity index is 2.90. The SMILES string of the molecule is CC(C)C(NCc1cc(Br)ccc1[N+](=O)[O-])C(N)=O. The van der Waals surface area contributed by atoms with E-state index < -0.39 is 16.9 Å². The topological polar surface area (TPSA) is 98.3 Å². The maximum absolute atomic E-state index is 11.3. The van der Waals surface area contributed by atoms with Crippen LogP contribution in [-0.2, 0) is 11.3 Å². The molecule has 0 fully saturated rings. The van der Waals surface area contributed by atoms with Gasteiger partial charge in [-0.3, -0.25) is 14.9 Å². The summed E-state index contributed by atoms with van der Waals surface area (Å²) < 4.78 is 0.745. The van der Waals surface area contributed by atoms with Crippen LogP contribution in [-0.4, -0.2) is 16.9 Å². The molecule has 1 amide bonds. The van der Waals surface area contributed by atoms with Crippen molar-refractivity contribution in [3.8, 4) is 0 Å². The molecule has 0 aliphatic carbocycles. The van der Waals surface area contributed by atoms with Gasteiger partial charge in [0.2, 0.25) is 5.91 Å². The monoisotopic (exact) mass is 329 g/mol. The van der Waals surface area contributed by atoms with Crippen LogP contribution in [0.4, 0.5) is 5.69 Å². The lowest BCUT2D eigenvalue weighted by Gasteiger charge is -2.18. The van der Waals surface area contributed by atoms with Crippen molar-refractivity contribution in [2.24, 2.45) is 11.7 Å². The minimum Gasteiger partial charge on any atom is -0.368 e. The van der Waals surface area contributed by atoms with Gasteiger partial charge < -0.3 is 11.1 Å². The summed E-state index contributed by atoms with van der Waals surface area (Å²) >= 11 is 3.27. The molecule has 0 saturated heterocycles. The molecule has 1 rings (SSSR count). The van der Waals surface area contributed by atoms with Gasteiger partial charge in [0.1, 0.15) is 0 Å². The molecule has 3 N–H and O–H groups in total. The molecule has 1 unspecified atom stereocenters. The van der Waals surface area contributed by atoms with Gasteiger partial charge in [-0.25, -0.2) is 0 Å². The highest BCUT2D eigenvalue weighted by Gasteiger charge is 2.21. The first-order valence-electron chi connectivity index (χ1n) is 5.78. The number of nitro groups is 1. The molecule has 1 aromatic carbocycles. The smallest absolute Gasteiger partial charge is 0.273 e. The van der Waals surface area contributed by atoms with Crippen molar-refractivity contribution in [2.45, 2.75) is 26.4 Å². The fourth-order valence-electron chi connectivity index (χ4n) is 1.76. The van der Waals surface area contributed by atoms with Gasteiger partial charge in [0, 0.05) is 22.6 Å². The first-order chi connectivity index (χ1) is 8.82. The van der Waals surface area contributed by atoms with Gasteiger partial charge in [-0.2, -0.15) is 0 Å². The summed E-state index contributed by atoms with van der Waals surface area (Å²) in [6.45, 7) is 3.93. The van der Waals surface area contributed by atoms with Crippen LogP contribution in [0.3, 0.4) is 0 Å². The van der Waals surface area contributed by atoms with Gasteiger partial charge in [-0.05, 0) is 18.1 Å². The number of hydrogen-bond acceptors (Lipinski definition) is 4. The predicted octanol–water partition coefficient (Wildman–Crippen LogP) is 1.96. The maximum Gasteiger partial charge on any atom is 0.273 e. The van der Waals surface area contributed by atoms with Crippen LogP contribution in [0, 0.1) is 16.0 Å². The minimum atomic E-state index is -0.515. The number of carbonyl (C=O) groups is 1. The molecule has 0 aliphatic heterocycles. The lowest BCUT2D eigenvalue weighted by molar-refractivity contribution is -0.385. The summed E-state index contributed by atoms with van der Waals surface area (Å²) in [5, 5.41) is 13.9. The average Bonchev–Trinajstić information content (AvgIpc) is 2.27. The summed E-state index contributed by atoms with van der Waals surface area (Å²) in [4.78, 5) is 21.7. The number of rotatable bonds is 6. The van der Waals surface area contributed by atoms with Gasteiger partial charge in [-0.15, -0.1) is 0 Å². The summed E-state index contributed by atoms with van der Waals surface area (Å²) in [6.07, 6.45) is 0. The molecule has 0 radical (unpaired) electrons. The van der Waals surface area contributed by atoms with E-state index in [0.29, 0.717) is 5.56 Å². The Labute approximate surface area is 119 Å². The van der Waals surface area contributed by atoms with Crippen molar-refractivity contribution < 1.29 is 9.72 Å². The molecule has 19 heavy (non-hydrogen) atoms. The van der Waals surface area contributed by atoms with Crippen molar-refractivity contribution in [3.05, 3.63) is 38.3 Å². The van der Waals surface area contributed by atoms with Crippen molar-refractivity contribution in [2.75, 3.05) is 0 Å². The summed E-state index contributed by atoms with van der Waals surface area (Å²) in [5.74, 6) is -0.448. The van der Waals surface area contributed by atoms with E-state index >= 15 is 0 Å². The number of halogens is 1. The van der Waals surface area contributed by atoms with E-state index in [9.17, 15) is 14.9 Å². The van der Waals surface area contributed by atoms with Gasteiger partial charge >= 0.3 is 0 Å². The predicted molar refractivity (Wildman–Crippen MR) is 75.5 cm³/mol. The third kappa shape index (κ3) is 4.29. The second-order valence-electron chi connectivity index (χ2n) is 4.54. The molecule has 104 valence electrons. The highest BCUT2D eigenvalue weighted by molar-refractivity contribution is 9.10. The van der Waals surface area contributed by atoms with Crippen LogP contribution in [0.25, 0.3) is 0 Å². The lowest BCUT2D eigenvalue weighted by Crippen LogP contribution is -2.44. The second kappa shape index (κ2) is 6.63. The zero-order valence-electron chi connectivity index (χ0n) is 10.7. The molecule has 7 heteroatoms. The summed E-state index contributed by atoms with van der Waals surface area (Å²) in [5.41, 5.74) is 5.81. The fourth-order valence-corrected chi connectivity index (χ4v) is 2.17. The first kappa shape index (κ1) is 15.6. The van der Waals surface area contributed by atoms with Crippen LogP contribution in [0.15, 0.2) is 22.7 Å². The van der Waals surface area contributed by atoms with E-state index in [1.54, 1.807) is 12.1 Å². The van der Waals surface area contributed by atoms with Crippen LogP contribution < -0.4 is 11.1 Å². The van der Waals surface area contributed by atoms with Gasteiger partial charge in [-0.1, -0.05) is 29.8 Å². The highest BCUT2D eigenvalue weighted by atomic mass is 79.9. The number of nitrogens with two attached hydrogens (primary N) is 1. The highest BCUT2D eigenvalue weighted by Crippen LogP contribution is 2.23. The van der Waals surface area contributed by atoms with Crippen LogP contribution in [0.5, 0.6) is 0 Å². The molecule has 0 spiro atoms. The number of hydrogen-bond donors (Lipinski definition) is 2. The second-order valence-corrected chi connectivity index (χ2v) is 5.45. The van der Waals surface area contributed by atoms with Crippen molar-refractivity contribution >= 4 is 27.5 Å². The third-order valence-electron chi connectivity index (χ3n) is 2.72. The number of nitrogens with zero attached hydrogens (tertiary/aromatic N) is 1. The number of carbonyl (C=O) groups excluding carboxylic acids is 1. The minimum absolute atomic E-state index is 0.0164. The molecule has 0 saturated carbocycles. The maximum atomic E-state index is 11.3.